The summed E-state index contributed by atoms with van der Waals surface area (Å²) in [6, 6.07) is 7.46. The summed E-state index contributed by atoms with van der Waals surface area (Å²) in [5.41, 5.74) is 5.43. The van der Waals surface area contributed by atoms with Crippen LogP contribution in [0.2, 0.25) is 0 Å². The maximum atomic E-state index is 12.8. The number of aromatic nitrogens is 5. The second kappa shape index (κ2) is 40.9. The Morgan fingerprint density at radius 1 is 0.430 bits per heavy atom. The molecule has 670 valence electrons. The van der Waals surface area contributed by atoms with Crippen LogP contribution in [-0.4, -0.2) is 186 Å². The number of allylic oxidation sites excluding steroid dienone is 4. The number of rotatable bonds is 14. The highest BCUT2D eigenvalue weighted by molar-refractivity contribution is 6.30. The average Bonchev–Trinajstić information content (AvgIpc) is 1.59. The van der Waals surface area contributed by atoms with E-state index < -0.39 is 29.2 Å². The molecule has 12 rings (SSSR count). The minimum atomic E-state index is -1.29. The van der Waals surface area contributed by atoms with Crippen molar-refractivity contribution in [2.75, 3.05) is 35.5 Å². The first-order valence-electron chi connectivity index (χ1n) is 41.5. The van der Waals surface area contributed by atoms with Crippen LogP contribution in [0.15, 0.2) is 85.6 Å². The first kappa shape index (κ1) is 98.9. The van der Waals surface area contributed by atoms with Crippen molar-refractivity contribution in [3.05, 3.63) is 114 Å². The van der Waals surface area contributed by atoms with E-state index in [4.69, 9.17) is 62.5 Å². The molecule has 5 aromatic rings. The number of fused-ring (bicyclic) bond motifs is 2. The number of alkyl halides is 2. The largest absolute Gasteiger partial charge is 0.503 e. The number of nitrogens with two attached hydrogens (primary N) is 1. The number of carboxylic acids is 1. The molecule has 5 aromatic heterocycles. The topological polar surface area (TPSA) is 428 Å². The number of ether oxygens (including phenoxy) is 7. The number of halogens is 2. The molecule has 31 heteroatoms. The molecule has 0 spiro atoms. The summed E-state index contributed by atoms with van der Waals surface area (Å²) in [5, 5.41) is 80.0. The van der Waals surface area contributed by atoms with Gasteiger partial charge in [0.2, 0.25) is 11.9 Å². The highest BCUT2D eigenvalue weighted by atomic mass is 35.5. The number of carbonyl (C=O) groups is 5. The van der Waals surface area contributed by atoms with Gasteiger partial charge >= 0.3 is 17.6 Å². The van der Waals surface area contributed by atoms with Crippen LogP contribution in [0.1, 0.15) is 223 Å². The van der Waals surface area contributed by atoms with E-state index in [1.807, 2.05) is 0 Å². The predicted molar refractivity (Wildman–Crippen MR) is 460 cm³/mol. The zero-order valence-electron chi connectivity index (χ0n) is 74.8. The van der Waals surface area contributed by atoms with Crippen LogP contribution in [0, 0.1) is 86.3 Å². The Morgan fingerprint density at radius 2 is 0.744 bits per heavy atom. The van der Waals surface area contributed by atoms with Crippen LogP contribution in [0.4, 0.5) is 0 Å². The van der Waals surface area contributed by atoms with Gasteiger partial charge in [-0.05, 0) is 118 Å². The van der Waals surface area contributed by atoms with E-state index in [0.717, 1.165) is 25.7 Å². The molecule has 11 unspecified atom stereocenters. The van der Waals surface area contributed by atoms with E-state index in [1.165, 1.54) is 96.9 Å². The monoisotopic (exact) mass is 1730 g/mol. The number of hydrogen-bond donors (Lipinski definition) is 12. The number of methoxy groups -OCH3 is 5. The van der Waals surface area contributed by atoms with Crippen LogP contribution in [-0.2, 0) is 9.47 Å². The SMILES string of the molecule is COc1cc[n+](O)c(C(=O)NC2CC(C)(C)C3OC3[C@H](C)[C@H]2C)c1O.COc1ccnc(C(=O)NC2CC(C)(C)C(Cl)C(Cl)[C@H](C)[C@H]2C)c1O.COc1ccnc(C(=O)NC2CC(C)(C)C3OC3[C@H](C)[C@H]2C)c1O.COc1ccnc(C(=O)NC2CC(C)(C)C=C[C@H](C)[C@H]2C)c1O.COc1ccnc(C(=O)O)c1O.C[C@H]1C=CC(C)(C)CC(N)[C@@H]1C. The number of nitrogens with one attached hydrogen (secondary N) is 4. The highest BCUT2D eigenvalue weighted by Crippen LogP contribution is 2.53. The van der Waals surface area contributed by atoms with Crippen molar-refractivity contribution in [3.63, 3.8) is 0 Å². The molecule has 5 fully saturated rings. The molecule has 29 nitrogen and oxygen atoms in total. The number of carbonyl (C=O) groups excluding carboxylic acids is 4. The average molecular weight is 1730 g/mol. The number of pyridine rings is 5. The summed E-state index contributed by atoms with van der Waals surface area (Å²) < 4.78 is 37.2. The van der Waals surface area contributed by atoms with Gasteiger partial charge in [-0.2, -0.15) is 0 Å². The zero-order valence-corrected chi connectivity index (χ0v) is 76.4. The maximum absolute atomic E-state index is 12.8. The molecule has 0 radical (unpaired) electrons. The molecule has 3 saturated carbocycles. The number of amides is 4. The zero-order chi connectivity index (χ0) is 90.8. The van der Waals surface area contributed by atoms with Crippen LogP contribution >= 0.6 is 23.2 Å². The Kier molecular flexibility index (Phi) is 33.4. The molecule has 7 aliphatic rings. The lowest BCUT2D eigenvalue weighted by Crippen LogP contribution is -2.48. The van der Waals surface area contributed by atoms with Crippen LogP contribution in [0.5, 0.6) is 57.5 Å². The molecular weight excluding hydrogens is 1600 g/mol. The third-order valence-electron chi connectivity index (χ3n) is 26.0. The van der Waals surface area contributed by atoms with Crippen LogP contribution < -0.4 is 55.4 Å². The Balaban J connectivity index is 0.000000204. The van der Waals surface area contributed by atoms with Gasteiger partial charge in [-0.1, -0.05) is 163 Å². The van der Waals surface area contributed by atoms with E-state index >= 15 is 0 Å². The fourth-order valence-electron chi connectivity index (χ4n) is 16.8. The lowest BCUT2D eigenvalue weighted by Gasteiger charge is -2.32. The summed E-state index contributed by atoms with van der Waals surface area (Å²) in [6.45, 7) is 43.1. The van der Waals surface area contributed by atoms with Crippen LogP contribution in [0.25, 0.3) is 0 Å². The van der Waals surface area contributed by atoms with E-state index in [1.54, 1.807) is 0 Å². The molecule has 21 atom stereocenters. The summed E-state index contributed by atoms with van der Waals surface area (Å²) in [4.78, 5) is 76.5. The van der Waals surface area contributed by atoms with Crippen molar-refractivity contribution in [1.29, 1.82) is 0 Å². The van der Waals surface area contributed by atoms with Crippen molar-refractivity contribution in [2.45, 2.75) is 236 Å². The molecule has 2 saturated heterocycles. The molecule has 121 heavy (non-hydrogen) atoms. The maximum Gasteiger partial charge on any atom is 0.366 e. The fraction of sp³-hybridized carbons (Fsp3) is 0.622. The number of aromatic carboxylic acids is 1. The summed E-state index contributed by atoms with van der Waals surface area (Å²) in [6.07, 6.45) is 21.2. The Bertz CT molecular complexity index is 4470. The Morgan fingerprint density at radius 3 is 1.12 bits per heavy atom. The molecule has 5 aliphatic carbocycles. The molecule has 2 aliphatic heterocycles. The van der Waals surface area contributed by atoms with E-state index in [-0.39, 0.29) is 191 Å². The van der Waals surface area contributed by atoms with Gasteiger partial charge in [0.25, 0.3) is 17.7 Å². The highest BCUT2D eigenvalue weighted by Gasteiger charge is 2.59. The predicted octanol–water partition coefficient (Wildman–Crippen LogP) is 13.9. The van der Waals surface area contributed by atoms with Crippen LogP contribution in [0.3, 0.4) is 0 Å². The van der Waals surface area contributed by atoms with E-state index in [0.29, 0.717) is 58.1 Å². The lowest BCUT2D eigenvalue weighted by molar-refractivity contribution is -0.906. The summed E-state index contributed by atoms with van der Waals surface area (Å²) in [5.74, 6) is -0.279. The van der Waals surface area contributed by atoms with Crippen molar-refractivity contribution < 1.29 is 97.7 Å². The number of hydrogen-bond acceptors (Lipinski definition) is 23. The quantitative estimate of drug-likeness (QED) is 0.0123. The van der Waals surface area contributed by atoms with Crippen molar-refractivity contribution >= 4 is 52.8 Å². The Hall–Kier alpha value is -9.16. The standard InChI is InChI=1S/C18H26Cl2N2O3.C18H26N2O5.C18H26N2O4.C18H26N2O3.C11H21N.C7H7NO4/c1-9-10(2)13(19)16(20)18(3,4)8-11(9)22-17(24)14-15(23)12(25-5)6-7-21-14;1-9-10(2)15-16(25-15)18(3,4)8-11(9)19-17(22)13-14(21)12(24-5)6-7-20(13)23;1-9-10(2)15-16(24-15)18(3,4)8-11(9)20-17(22)13-14(21)12(23-5)6-7-19-13;1-11-6-8-18(3,4)10-13(12(11)2)20-17(22)15-16(21)14(23-5)7-9-19-15;1-8-5-6-11(3,4)7-10(12)9(8)2;1-12-4-2-3-8-5(6(4)9)7(10)11/h6-7,9-11,13,16,23H,8H2,1-5H3,(H,22,24);6-7,9-11,15-16H,8H2,1-5H3,(H2-,19,21,22,23);6-7,9-11,15-16,21H,8H2,1-5H3,(H,20,22);6-9,11-13,21H,10H2,1-5H3,(H,20,22);5-6,8-10H,7,12H2,1-4H3;2-3,9H,1H3,(H,10,11)/p+1/t9-,10-,11?,13?,16?;2*9-,10-,11?,15?,16?;11-,12+,13?;8-,9+,10?;/m11100./s1. The summed E-state index contributed by atoms with van der Waals surface area (Å²) in [7, 11) is 7.04. The van der Waals surface area contributed by atoms with Gasteiger partial charge in [-0.3, -0.25) is 24.4 Å². The normalized spacial score (nSPS) is 30.2. The first-order chi connectivity index (χ1) is 56.4. The molecule has 0 bridgehead atoms. The second-order valence-electron chi connectivity index (χ2n) is 37.2. The molecular formula is C90H133Cl2N10O19+. The van der Waals surface area contributed by atoms with Gasteiger partial charge in [-0.25, -0.2) is 24.7 Å². The third-order valence-corrected chi connectivity index (χ3v) is 27.6. The minimum absolute atomic E-state index is 0.000727. The fourth-order valence-corrected chi connectivity index (χ4v) is 17.7. The number of aromatic hydroxyl groups is 5. The molecule has 7 heterocycles. The number of nitrogens with zero attached hydrogens (tertiary/aromatic N) is 5. The minimum Gasteiger partial charge on any atom is -0.503 e. The summed E-state index contributed by atoms with van der Waals surface area (Å²) >= 11 is 13.2. The van der Waals surface area contributed by atoms with Crippen molar-refractivity contribution in [3.8, 4) is 57.5 Å². The van der Waals surface area contributed by atoms with Gasteiger partial charge < -0.3 is 90.8 Å². The molecule has 13 N–H and O–H groups in total. The van der Waals surface area contributed by atoms with E-state index in [2.05, 4.69) is 209 Å². The van der Waals surface area contributed by atoms with Gasteiger partial charge in [0, 0.05) is 84.0 Å². The van der Waals surface area contributed by atoms with E-state index in [9.17, 15) is 54.7 Å². The van der Waals surface area contributed by atoms with Gasteiger partial charge in [0.1, 0.15) is 0 Å². The second-order valence-corrected chi connectivity index (χ2v) is 38.2. The van der Waals surface area contributed by atoms with Crippen molar-refractivity contribution in [1.82, 2.24) is 41.2 Å². The Labute approximate surface area is 723 Å². The lowest BCUT2D eigenvalue weighted by atomic mass is 9.81. The van der Waals surface area contributed by atoms with Crippen molar-refractivity contribution in [2.24, 2.45) is 92.0 Å². The van der Waals surface area contributed by atoms with Gasteiger partial charge in [-0.15, -0.1) is 23.2 Å². The number of epoxide rings is 2. The number of carboxylic acid groups (broad SMARTS) is 1. The molecule has 4 amide bonds. The molecule has 0 aromatic carbocycles. The smallest absolute Gasteiger partial charge is 0.366 e. The third kappa shape index (κ3) is 24.2. The first-order valence-corrected chi connectivity index (χ1v) is 42.3. The van der Waals surface area contributed by atoms with Gasteiger partial charge in [0.15, 0.2) is 74.5 Å². The van der Waals surface area contributed by atoms with Gasteiger partial charge in [0.05, 0.1) is 76.8 Å².